The number of fused-ring (bicyclic) bond motifs is 3. The number of piperidine rings is 1. The third kappa shape index (κ3) is 9.26. The van der Waals surface area contributed by atoms with Gasteiger partial charge in [0.2, 0.25) is 5.88 Å². The number of para-hydroxylation sites is 1. The van der Waals surface area contributed by atoms with Gasteiger partial charge in [-0.15, -0.1) is 0 Å². The lowest BCUT2D eigenvalue weighted by atomic mass is 9.79. The Bertz CT molecular complexity index is 2100. The van der Waals surface area contributed by atoms with E-state index < -0.39 is 53.0 Å². The number of aliphatic carboxylic acids is 1. The molecule has 16 heteroatoms. The van der Waals surface area contributed by atoms with Gasteiger partial charge in [0.05, 0.1) is 36.8 Å². The minimum Gasteiger partial charge on any atom is -0.481 e. The first-order valence-electron chi connectivity index (χ1n) is 18.8. The summed E-state index contributed by atoms with van der Waals surface area (Å²) in [5.41, 5.74) is -1.85. The summed E-state index contributed by atoms with van der Waals surface area (Å²) in [7, 11) is 0. The fourth-order valence-corrected chi connectivity index (χ4v) is 7.20. The summed E-state index contributed by atoms with van der Waals surface area (Å²) in [6, 6.07) is 8.02. The number of aromatic nitrogens is 3. The average molecular weight is 798 g/mol. The Balaban J connectivity index is 1.33. The lowest BCUT2D eigenvalue weighted by Gasteiger charge is -2.42. The minimum atomic E-state index is -1.96. The van der Waals surface area contributed by atoms with Crippen LogP contribution >= 0.6 is 11.6 Å². The van der Waals surface area contributed by atoms with E-state index in [2.05, 4.69) is 4.98 Å². The molecule has 1 N–H and O–H groups in total. The molecule has 0 radical (unpaired) electrons. The van der Waals surface area contributed by atoms with E-state index in [0.29, 0.717) is 28.3 Å². The van der Waals surface area contributed by atoms with Gasteiger partial charge in [0.25, 0.3) is 0 Å². The van der Waals surface area contributed by atoms with Crippen LogP contribution in [-0.4, -0.2) is 99.2 Å². The van der Waals surface area contributed by atoms with Gasteiger partial charge in [-0.3, -0.25) is 4.79 Å². The molecule has 0 unspecified atom stereocenters. The number of esters is 1. The number of carboxylic acid groups (broad SMARTS) is 1. The molecule has 2 saturated heterocycles. The number of carboxylic acids is 1. The quantitative estimate of drug-likeness (QED) is 0.119. The Hall–Kier alpha value is -4.76. The zero-order valence-corrected chi connectivity index (χ0v) is 33.5. The highest BCUT2D eigenvalue weighted by Gasteiger charge is 2.48. The van der Waals surface area contributed by atoms with Gasteiger partial charge >= 0.3 is 18.0 Å². The Morgan fingerprint density at radius 1 is 1.05 bits per heavy atom. The van der Waals surface area contributed by atoms with Crippen molar-refractivity contribution in [1.29, 1.82) is 0 Å². The molecule has 5 heterocycles. The second kappa shape index (κ2) is 16.0. The summed E-state index contributed by atoms with van der Waals surface area (Å²) in [5.74, 6) is -1.39. The fourth-order valence-electron chi connectivity index (χ4n) is 7.04. The maximum Gasteiger partial charge on any atom is 0.410 e. The number of furan rings is 1. The number of amides is 1. The van der Waals surface area contributed by atoms with Crippen molar-refractivity contribution < 1.29 is 47.2 Å². The van der Waals surface area contributed by atoms with Gasteiger partial charge in [0.1, 0.15) is 45.9 Å². The number of nitrogens with zero attached hydrogens (tertiary/aromatic N) is 5. The number of alkyl halides is 1. The first-order chi connectivity index (χ1) is 26.3. The van der Waals surface area contributed by atoms with Crippen LogP contribution in [0.1, 0.15) is 79.1 Å². The molecule has 4 aromatic rings. The maximum atomic E-state index is 17.3. The third-order valence-corrected chi connectivity index (χ3v) is 9.82. The Morgan fingerprint density at radius 2 is 1.79 bits per heavy atom. The van der Waals surface area contributed by atoms with Crippen molar-refractivity contribution in [3.05, 3.63) is 52.9 Å². The monoisotopic (exact) mass is 797 g/mol. The molecule has 2 aliphatic rings. The van der Waals surface area contributed by atoms with E-state index in [4.69, 9.17) is 50.0 Å². The number of carbonyl (C=O) groups excluding carboxylic acids is 2. The van der Waals surface area contributed by atoms with E-state index >= 15 is 4.39 Å². The van der Waals surface area contributed by atoms with Crippen LogP contribution in [-0.2, 0) is 35.9 Å². The molecule has 1 amide bonds. The molecule has 3 aromatic heterocycles. The number of halogens is 2. The number of pyridine rings is 1. The van der Waals surface area contributed by atoms with Gasteiger partial charge in [-0.25, -0.2) is 28.9 Å². The zero-order valence-electron chi connectivity index (χ0n) is 32.8. The van der Waals surface area contributed by atoms with Crippen molar-refractivity contribution in [1.82, 2.24) is 19.9 Å². The predicted molar refractivity (Wildman–Crippen MR) is 206 cm³/mol. The predicted octanol–water partition coefficient (Wildman–Crippen LogP) is 7.27. The van der Waals surface area contributed by atoms with Crippen LogP contribution in [0, 0.1) is 5.92 Å². The van der Waals surface area contributed by atoms with Crippen molar-refractivity contribution in [3.63, 3.8) is 0 Å². The largest absolute Gasteiger partial charge is 0.481 e. The highest BCUT2D eigenvalue weighted by molar-refractivity contribution is 6.30. The molecule has 2 aliphatic heterocycles. The number of hydrogen-bond donors (Lipinski definition) is 1. The maximum absolute atomic E-state index is 17.3. The number of rotatable bonds is 11. The summed E-state index contributed by atoms with van der Waals surface area (Å²) >= 11 is 6.42. The molecule has 56 heavy (non-hydrogen) atoms. The number of hydrogen-bond acceptors (Lipinski definition) is 12. The van der Waals surface area contributed by atoms with Crippen LogP contribution in [0.5, 0.6) is 5.88 Å². The van der Waals surface area contributed by atoms with Crippen LogP contribution in [0.15, 0.2) is 40.9 Å². The van der Waals surface area contributed by atoms with Gasteiger partial charge in [0, 0.05) is 49.9 Å². The molecule has 0 bridgehead atoms. The lowest BCUT2D eigenvalue weighted by Crippen LogP contribution is -2.50. The fraction of sp³-hybridized carbons (Fsp3) is 0.550. The first-order valence-corrected chi connectivity index (χ1v) is 19.2. The molecule has 1 aromatic carbocycles. The Kier molecular flexibility index (Phi) is 11.7. The van der Waals surface area contributed by atoms with Crippen molar-refractivity contribution in [2.75, 3.05) is 37.7 Å². The van der Waals surface area contributed by atoms with Gasteiger partial charge in [-0.2, -0.15) is 0 Å². The molecule has 0 aliphatic carbocycles. The summed E-state index contributed by atoms with van der Waals surface area (Å²) in [5, 5.41) is 9.97. The number of likely N-dealkylation sites (tertiary alicyclic amines) is 1. The second-order valence-electron chi connectivity index (χ2n) is 16.4. The SMILES string of the molecule is C[C@H]1CN(C(=O)OC(C)(C)C)CC[C@]1(F)c1cc(Cl)cnc1O[C@H]1C[C@@H](C(=O)OC(C)(C)C)N(c2nc(CCOCCC(=O)O)nc3c2oc2ccccc23)C1. The average Bonchev–Trinajstić information content (AvgIpc) is 3.70. The topological polar surface area (TPSA) is 167 Å². The van der Waals surface area contributed by atoms with Crippen molar-refractivity contribution in [2.24, 2.45) is 5.92 Å². The minimum absolute atomic E-state index is 0.0278. The molecule has 4 atom stereocenters. The second-order valence-corrected chi connectivity index (χ2v) is 16.8. The van der Waals surface area contributed by atoms with Crippen LogP contribution in [0.4, 0.5) is 15.0 Å². The van der Waals surface area contributed by atoms with Crippen LogP contribution in [0.25, 0.3) is 22.1 Å². The molecule has 6 rings (SSSR count). The van der Waals surface area contributed by atoms with Gasteiger partial charge in [-0.05, 0) is 59.7 Å². The first kappa shape index (κ1) is 40.9. The molecule has 302 valence electrons. The number of ether oxygens (including phenoxy) is 4. The summed E-state index contributed by atoms with van der Waals surface area (Å²) in [6.07, 6.45) is 0.390. The number of anilines is 1. The summed E-state index contributed by atoms with van der Waals surface area (Å²) < 4.78 is 47.2. The third-order valence-electron chi connectivity index (χ3n) is 9.61. The molecule has 14 nitrogen and oxygen atoms in total. The van der Waals surface area contributed by atoms with Gasteiger partial charge in [-0.1, -0.05) is 30.7 Å². The van der Waals surface area contributed by atoms with E-state index in [-0.39, 0.29) is 75.0 Å². The van der Waals surface area contributed by atoms with E-state index in [1.165, 1.54) is 17.2 Å². The van der Waals surface area contributed by atoms with Crippen LogP contribution < -0.4 is 9.64 Å². The smallest absolute Gasteiger partial charge is 0.410 e. The van der Waals surface area contributed by atoms with Crippen molar-refractivity contribution >= 4 is 57.5 Å². The van der Waals surface area contributed by atoms with E-state index in [1.807, 2.05) is 24.3 Å². The van der Waals surface area contributed by atoms with Crippen LogP contribution in [0.2, 0.25) is 5.02 Å². The standard InChI is InChI=1S/C40H49ClFN5O9/c1-23-21-46(37(51)56-39(5,6)7)15-14-40(23,42)27-18-24(41)20-43-35(27)53-25-19-28(36(50)55-38(2,3)4)47(22-25)34-33-32(26-10-8-9-11-29(26)54-33)44-30(45-34)12-16-52-17-13-31(48)49/h8-11,18,20,23,25,28H,12-17,19,21-22H2,1-7H3,(H,48,49)/t23-,25-,28-,40+/m0/s1. The Labute approximate surface area is 329 Å². The van der Waals surface area contributed by atoms with Crippen molar-refractivity contribution in [2.45, 2.75) is 103 Å². The van der Waals surface area contributed by atoms with Crippen LogP contribution in [0.3, 0.4) is 0 Å². The zero-order chi connectivity index (χ0) is 40.6. The molecular weight excluding hydrogens is 749 g/mol. The normalized spacial score (nSPS) is 21.8. The van der Waals surface area contributed by atoms with Gasteiger partial charge < -0.3 is 38.3 Å². The highest BCUT2D eigenvalue weighted by Crippen LogP contribution is 2.46. The molecule has 0 spiro atoms. The summed E-state index contributed by atoms with van der Waals surface area (Å²) in [4.78, 5) is 55.2. The van der Waals surface area contributed by atoms with Crippen molar-refractivity contribution in [3.8, 4) is 5.88 Å². The molecular formula is C40H49ClFN5O9. The summed E-state index contributed by atoms with van der Waals surface area (Å²) in [6.45, 7) is 12.9. The molecule has 0 saturated carbocycles. The molecule has 2 fully saturated rings. The van der Waals surface area contributed by atoms with E-state index in [0.717, 1.165) is 5.39 Å². The van der Waals surface area contributed by atoms with Gasteiger partial charge in [0.15, 0.2) is 11.4 Å². The lowest BCUT2D eigenvalue weighted by molar-refractivity contribution is -0.156. The number of benzene rings is 1. The highest BCUT2D eigenvalue weighted by atomic mass is 35.5. The Morgan fingerprint density at radius 3 is 2.48 bits per heavy atom. The van der Waals surface area contributed by atoms with E-state index in [9.17, 15) is 14.4 Å². The van der Waals surface area contributed by atoms with E-state index in [1.54, 1.807) is 53.4 Å². The number of carbonyl (C=O) groups is 3.